The molecule has 0 saturated heterocycles. The van der Waals surface area contributed by atoms with Gasteiger partial charge in [0.25, 0.3) is 0 Å². The number of nitrogens with one attached hydrogen (secondary N) is 1. The average molecular weight is 281 g/mol. The molecule has 1 aliphatic rings. The number of alkyl halides is 3. The van der Waals surface area contributed by atoms with Gasteiger partial charge in [-0.05, 0) is 32.6 Å². The Bertz CT molecular complexity index is 336. The summed E-state index contributed by atoms with van der Waals surface area (Å²) in [6.45, 7) is 1.31. The number of hydrogen-bond donors (Lipinski definition) is 2. The second kappa shape index (κ2) is 6.25. The van der Waals surface area contributed by atoms with E-state index < -0.39 is 36.4 Å². The van der Waals surface area contributed by atoms with Gasteiger partial charge in [0.1, 0.15) is 0 Å². The van der Waals surface area contributed by atoms with Crippen molar-refractivity contribution in [3.63, 3.8) is 0 Å². The Labute approximate surface area is 109 Å². The predicted molar refractivity (Wildman–Crippen MR) is 61.4 cm³/mol. The molecular formula is C12H18F3NO3. The molecular weight excluding hydrogens is 263 g/mol. The fourth-order valence-electron chi connectivity index (χ4n) is 2.36. The van der Waals surface area contributed by atoms with Gasteiger partial charge >= 0.3 is 12.1 Å². The van der Waals surface area contributed by atoms with Crippen molar-refractivity contribution in [2.75, 3.05) is 0 Å². The molecule has 1 unspecified atom stereocenters. The lowest BCUT2D eigenvalue weighted by molar-refractivity contribution is -0.146. The van der Waals surface area contributed by atoms with Crippen molar-refractivity contribution in [2.45, 2.75) is 51.2 Å². The van der Waals surface area contributed by atoms with Gasteiger partial charge < -0.3 is 10.4 Å². The second-order valence-electron chi connectivity index (χ2n) is 5.12. The molecule has 1 atom stereocenters. The quantitative estimate of drug-likeness (QED) is 0.831. The van der Waals surface area contributed by atoms with Gasteiger partial charge in [-0.15, -0.1) is 0 Å². The van der Waals surface area contributed by atoms with Crippen LogP contribution in [0.5, 0.6) is 0 Å². The monoisotopic (exact) mass is 281 g/mol. The van der Waals surface area contributed by atoms with E-state index in [1.807, 2.05) is 0 Å². The molecule has 1 rings (SSSR count). The normalized spacial score (nSPS) is 25.7. The Morgan fingerprint density at radius 1 is 1.21 bits per heavy atom. The third kappa shape index (κ3) is 5.48. The lowest BCUT2D eigenvalue weighted by Crippen LogP contribution is -2.41. The number of carboxylic acid groups (broad SMARTS) is 1. The minimum atomic E-state index is -4.30. The van der Waals surface area contributed by atoms with Crippen LogP contribution in [0, 0.1) is 11.8 Å². The molecule has 1 amide bonds. The zero-order valence-corrected chi connectivity index (χ0v) is 10.7. The molecule has 0 radical (unpaired) electrons. The molecule has 0 heterocycles. The highest BCUT2D eigenvalue weighted by Crippen LogP contribution is 2.29. The maximum absolute atomic E-state index is 12.1. The fraction of sp³-hybridized carbons (Fsp3) is 0.833. The van der Waals surface area contributed by atoms with Gasteiger partial charge in [0.15, 0.2) is 0 Å². The summed E-state index contributed by atoms with van der Waals surface area (Å²) in [6.07, 6.45) is -3.71. The number of carbonyl (C=O) groups excluding carboxylic acids is 1. The summed E-state index contributed by atoms with van der Waals surface area (Å²) in [6, 6.07) is -0.954. The van der Waals surface area contributed by atoms with Crippen LogP contribution < -0.4 is 5.32 Å². The molecule has 19 heavy (non-hydrogen) atoms. The standard InChI is InChI=1S/C12H18F3NO3/c1-7(6-12(13,14)15)16-10(17)8-2-4-9(5-3-8)11(18)19/h7-9H,2-6H2,1H3,(H,16,17)(H,18,19). The summed E-state index contributed by atoms with van der Waals surface area (Å²) in [5.41, 5.74) is 0. The molecule has 7 heteroatoms. The van der Waals surface area contributed by atoms with Crippen molar-refractivity contribution in [1.82, 2.24) is 5.32 Å². The zero-order valence-electron chi connectivity index (χ0n) is 10.7. The minimum absolute atomic E-state index is 0.369. The van der Waals surface area contributed by atoms with Crippen LogP contribution >= 0.6 is 0 Å². The van der Waals surface area contributed by atoms with E-state index in [-0.39, 0.29) is 5.92 Å². The molecule has 1 aliphatic carbocycles. The molecule has 2 N–H and O–H groups in total. The summed E-state index contributed by atoms with van der Waals surface area (Å²) >= 11 is 0. The molecule has 0 aliphatic heterocycles. The van der Waals surface area contributed by atoms with E-state index in [2.05, 4.69) is 5.32 Å². The Balaban J connectivity index is 2.37. The van der Waals surface area contributed by atoms with Crippen LogP contribution in [-0.4, -0.2) is 29.2 Å². The van der Waals surface area contributed by atoms with Gasteiger partial charge in [-0.1, -0.05) is 0 Å². The van der Waals surface area contributed by atoms with E-state index in [1.165, 1.54) is 6.92 Å². The van der Waals surface area contributed by atoms with Gasteiger partial charge in [-0.2, -0.15) is 13.2 Å². The Hall–Kier alpha value is -1.27. The van der Waals surface area contributed by atoms with E-state index in [1.54, 1.807) is 0 Å². The first kappa shape index (κ1) is 15.8. The van der Waals surface area contributed by atoms with Crippen LogP contribution in [0.4, 0.5) is 13.2 Å². The first-order valence-corrected chi connectivity index (χ1v) is 6.29. The molecule has 1 fully saturated rings. The molecule has 4 nitrogen and oxygen atoms in total. The molecule has 0 aromatic carbocycles. The van der Waals surface area contributed by atoms with E-state index in [0.717, 1.165) is 0 Å². The highest BCUT2D eigenvalue weighted by atomic mass is 19.4. The molecule has 0 aromatic heterocycles. The molecule has 1 saturated carbocycles. The van der Waals surface area contributed by atoms with Gasteiger partial charge in [0, 0.05) is 12.0 Å². The number of hydrogen-bond acceptors (Lipinski definition) is 2. The lowest BCUT2D eigenvalue weighted by Gasteiger charge is -2.26. The number of amides is 1. The number of rotatable bonds is 4. The van der Waals surface area contributed by atoms with Gasteiger partial charge in [-0.3, -0.25) is 9.59 Å². The van der Waals surface area contributed by atoms with E-state index in [0.29, 0.717) is 25.7 Å². The Kier molecular flexibility index (Phi) is 5.20. The fourth-order valence-corrected chi connectivity index (χ4v) is 2.36. The number of halogens is 3. The number of carbonyl (C=O) groups is 2. The summed E-state index contributed by atoms with van der Waals surface area (Å²) in [5.74, 6) is -2.08. The van der Waals surface area contributed by atoms with E-state index in [4.69, 9.17) is 5.11 Å². The molecule has 110 valence electrons. The van der Waals surface area contributed by atoms with Crippen molar-refractivity contribution in [2.24, 2.45) is 11.8 Å². The largest absolute Gasteiger partial charge is 0.481 e. The number of aliphatic carboxylic acids is 1. The zero-order chi connectivity index (χ0) is 14.6. The average Bonchev–Trinajstić information content (AvgIpc) is 2.26. The highest BCUT2D eigenvalue weighted by Gasteiger charge is 2.33. The van der Waals surface area contributed by atoms with Gasteiger partial charge in [0.2, 0.25) is 5.91 Å². The molecule has 0 aromatic rings. The van der Waals surface area contributed by atoms with Gasteiger partial charge in [0.05, 0.1) is 12.3 Å². The Morgan fingerprint density at radius 3 is 2.11 bits per heavy atom. The second-order valence-corrected chi connectivity index (χ2v) is 5.12. The van der Waals surface area contributed by atoms with Crippen molar-refractivity contribution >= 4 is 11.9 Å². The van der Waals surface area contributed by atoms with Crippen molar-refractivity contribution < 1.29 is 27.9 Å². The van der Waals surface area contributed by atoms with Crippen molar-refractivity contribution in [1.29, 1.82) is 0 Å². The summed E-state index contributed by atoms with van der Waals surface area (Å²) in [7, 11) is 0. The summed E-state index contributed by atoms with van der Waals surface area (Å²) < 4.78 is 36.4. The predicted octanol–water partition coefficient (Wildman–Crippen LogP) is 2.33. The van der Waals surface area contributed by atoms with Crippen LogP contribution in [-0.2, 0) is 9.59 Å². The maximum Gasteiger partial charge on any atom is 0.391 e. The summed E-state index contributed by atoms with van der Waals surface area (Å²) in [4.78, 5) is 22.5. The van der Waals surface area contributed by atoms with Crippen LogP contribution in [0.1, 0.15) is 39.0 Å². The van der Waals surface area contributed by atoms with Crippen LogP contribution in [0.15, 0.2) is 0 Å². The first-order chi connectivity index (χ1) is 8.69. The molecule has 0 spiro atoms. The SMILES string of the molecule is CC(CC(F)(F)F)NC(=O)C1CCC(C(=O)O)CC1. The first-order valence-electron chi connectivity index (χ1n) is 6.29. The van der Waals surface area contributed by atoms with Crippen LogP contribution in [0.3, 0.4) is 0 Å². The van der Waals surface area contributed by atoms with E-state index in [9.17, 15) is 22.8 Å². The van der Waals surface area contributed by atoms with Crippen molar-refractivity contribution in [3.05, 3.63) is 0 Å². The van der Waals surface area contributed by atoms with Crippen LogP contribution in [0.25, 0.3) is 0 Å². The molecule has 0 bridgehead atoms. The third-order valence-electron chi connectivity index (χ3n) is 3.37. The Morgan fingerprint density at radius 2 is 1.68 bits per heavy atom. The van der Waals surface area contributed by atoms with E-state index >= 15 is 0 Å². The smallest absolute Gasteiger partial charge is 0.391 e. The van der Waals surface area contributed by atoms with Crippen LogP contribution in [0.2, 0.25) is 0 Å². The minimum Gasteiger partial charge on any atom is -0.481 e. The maximum atomic E-state index is 12.1. The number of carboxylic acids is 1. The summed E-state index contributed by atoms with van der Waals surface area (Å²) in [5, 5.41) is 11.2. The highest BCUT2D eigenvalue weighted by molar-refractivity contribution is 5.79. The topological polar surface area (TPSA) is 66.4 Å². The van der Waals surface area contributed by atoms with Crippen molar-refractivity contribution in [3.8, 4) is 0 Å². The van der Waals surface area contributed by atoms with Gasteiger partial charge in [-0.25, -0.2) is 0 Å². The lowest BCUT2D eigenvalue weighted by atomic mass is 9.81. The third-order valence-corrected chi connectivity index (χ3v) is 3.37.